The van der Waals surface area contributed by atoms with Crippen LogP contribution in [-0.2, 0) is 33.3 Å². The maximum absolute atomic E-state index is 12.7. The average molecular weight is 697 g/mol. The van der Waals surface area contributed by atoms with E-state index in [9.17, 15) is 19.5 Å². The predicted octanol–water partition coefficient (Wildman–Crippen LogP) is 9.33. The van der Waals surface area contributed by atoms with Crippen molar-refractivity contribution in [1.82, 2.24) is 0 Å². The van der Waals surface area contributed by atoms with E-state index in [1.807, 2.05) is 21.1 Å². The van der Waals surface area contributed by atoms with Crippen molar-refractivity contribution in [1.29, 1.82) is 0 Å². The molecule has 9 heteroatoms. The Morgan fingerprint density at radius 2 is 1.10 bits per heavy atom. The Bertz CT molecular complexity index is 867. The van der Waals surface area contributed by atoms with Gasteiger partial charge in [-0.25, -0.2) is 4.79 Å². The number of esters is 2. The first-order chi connectivity index (χ1) is 23.6. The molecule has 0 heterocycles. The molecule has 49 heavy (non-hydrogen) atoms. The van der Waals surface area contributed by atoms with Gasteiger partial charge in [0.05, 0.1) is 34.4 Å². The van der Waals surface area contributed by atoms with Crippen LogP contribution in [0.5, 0.6) is 0 Å². The topological polar surface area (TPSA) is 108 Å². The smallest absolute Gasteiger partial charge is 0.361 e. The lowest BCUT2D eigenvalue weighted by molar-refractivity contribution is -0.870. The van der Waals surface area contributed by atoms with Crippen LogP contribution < -0.4 is 0 Å². The number of unbranched alkanes of at least 4 members (excludes halogenated alkanes) is 16. The van der Waals surface area contributed by atoms with Crippen molar-refractivity contribution in [2.24, 2.45) is 0 Å². The van der Waals surface area contributed by atoms with Crippen LogP contribution in [0.2, 0.25) is 0 Å². The molecule has 0 rings (SSSR count). The molecule has 0 aliphatic carbocycles. The molecule has 9 nitrogen and oxygen atoms in total. The molecule has 0 saturated heterocycles. The Kier molecular flexibility index (Phi) is 31.4. The maximum atomic E-state index is 12.7. The van der Waals surface area contributed by atoms with Gasteiger partial charge in [0, 0.05) is 12.8 Å². The molecule has 0 aromatic carbocycles. The van der Waals surface area contributed by atoms with E-state index in [0.717, 1.165) is 57.8 Å². The number of nitrogens with zero attached hydrogens (tertiary/aromatic N) is 1. The summed E-state index contributed by atoms with van der Waals surface area (Å²) >= 11 is 0. The van der Waals surface area contributed by atoms with E-state index in [0.29, 0.717) is 23.9 Å². The van der Waals surface area contributed by atoms with Gasteiger partial charge < -0.3 is 28.5 Å². The van der Waals surface area contributed by atoms with Crippen molar-refractivity contribution in [3.05, 3.63) is 24.3 Å². The third-order valence-corrected chi connectivity index (χ3v) is 8.21. The number of carbonyl (C=O) groups is 3. The highest BCUT2D eigenvalue weighted by molar-refractivity contribution is 5.71. The summed E-state index contributed by atoms with van der Waals surface area (Å²) in [6.07, 6.45) is 29.6. The van der Waals surface area contributed by atoms with Gasteiger partial charge in [0.25, 0.3) is 6.29 Å². The predicted molar refractivity (Wildman–Crippen MR) is 198 cm³/mol. The van der Waals surface area contributed by atoms with Crippen molar-refractivity contribution in [3.63, 3.8) is 0 Å². The SMILES string of the molecule is CCCCCC/C=C\C/C=C\CCCCCCCC(=O)OC(COC(=O)CCCCCCCCCC)COC(OCC[N+](C)(C)C)C(=O)O. The largest absolute Gasteiger partial charge is 0.477 e. The molecule has 0 bridgehead atoms. The third-order valence-electron chi connectivity index (χ3n) is 8.21. The van der Waals surface area contributed by atoms with Gasteiger partial charge >= 0.3 is 17.9 Å². The molecule has 0 aromatic heterocycles. The molecule has 0 aromatic rings. The third kappa shape index (κ3) is 34.0. The van der Waals surface area contributed by atoms with Gasteiger partial charge in [-0.15, -0.1) is 0 Å². The number of hydrogen-bond acceptors (Lipinski definition) is 7. The number of hydrogen-bond donors (Lipinski definition) is 1. The summed E-state index contributed by atoms with van der Waals surface area (Å²) in [5, 5.41) is 9.57. The molecular formula is C40H74NO8+. The average Bonchev–Trinajstić information content (AvgIpc) is 3.05. The number of rotatable bonds is 35. The molecule has 0 spiro atoms. The molecule has 0 radical (unpaired) electrons. The van der Waals surface area contributed by atoms with E-state index in [4.69, 9.17) is 18.9 Å². The van der Waals surface area contributed by atoms with Gasteiger partial charge in [-0.3, -0.25) is 9.59 Å². The van der Waals surface area contributed by atoms with Crippen molar-refractivity contribution in [2.75, 3.05) is 47.5 Å². The quantitative estimate of drug-likeness (QED) is 0.0230. The normalized spacial score (nSPS) is 13.2. The van der Waals surface area contributed by atoms with Crippen LogP contribution >= 0.6 is 0 Å². The zero-order chi connectivity index (χ0) is 36.4. The summed E-state index contributed by atoms with van der Waals surface area (Å²) in [7, 11) is 5.93. The number of likely N-dealkylation sites (N-methyl/N-ethyl adjacent to an activating group) is 1. The number of carboxylic acid groups (broad SMARTS) is 1. The standard InChI is InChI=1S/C40H73NO8/c1-6-8-10-12-14-16-17-18-19-20-21-22-23-25-27-29-31-38(43)49-36(35-48-40(39(44)45)46-33-32-41(3,4)5)34-47-37(42)30-28-26-24-15-13-11-9-7-2/h16-17,19-20,36,40H,6-15,18,21-35H2,1-5H3/p+1/b17-16-,20-19-. The zero-order valence-corrected chi connectivity index (χ0v) is 32.1. The first kappa shape index (κ1) is 46.8. The van der Waals surface area contributed by atoms with Gasteiger partial charge in [0.2, 0.25) is 0 Å². The molecule has 0 fully saturated rings. The molecule has 0 aliphatic rings. The number of allylic oxidation sites excluding steroid dienone is 4. The van der Waals surface area contributed by atoms with Crippen molar-refractivity contribution >= 4 is 17.9 Å². The molecule has 0 amide bonds. The van der Waals surface area contributed by atoms with E-state index in [1.54, 1.807) is 0 Å². The minimum atomic E-state index is -1.51. The fourth-order valence-corrected chi connectivity index (χ4v) is 5.10. The van der Waals surface area contributed by atoms with Crippen molar-refractivity contribution < 1.29 is 42.9 Å². The van der Waals surface area contributed by atoms with Crippen LogP contribution in [0.3, 0.4) is 0 Å². The van der Waals surface area contributed by atoms with Crippen molar-refractivity contribution in [2.45, 2.75) is 167 Å². The van der Waals surface area contributed by atoms with E-state index in [1.165, 1.54) is 64.2 Å². The molecule has 1 N–H and O–H groups in total. The summed E-state index contributed by atoms with van der Waals surface area (Å²) in [6.45, 7) is 4.78. The summed E-state index contributed by atoms with van der Waals surface area (Å²) < 4.78 is 22.6. The second kappa shape index (κ2) is 32.9. The summed E-state index contributed by atoms with van der Waals surface area (Å²) in [6, 6.07) is 0. The fraction of sp³-hybridized carbons (Fsp3) is 0.825. The Balaban J connectivity index is 4.52. The van der Waals surface area contributed by atoms with Crippen LogP contribution in [-0.4, -0.2) is 87.4 Å². The first-order valence-electron chi connectivity index (χ1n) is 19.5. The zero-order valence-electron chi connectivity index (χ0n) is 32.1. The van der Waals surface area contributed by atoms with Gasteiger partial charge in [-0.1, -0.05) is 122 Å². The van der Waals surface area contributed by atoms with Crippen LogP contribution in [0.4, 0.5) is 0 Å². The van der Waals surface area contributed by atoms with E-state index in [-0.39, 0.29) is 32.2 Å². The van der Waals surface area contributed by atoms with Gasteiger partial charge in [0.1, 0.15) is 13.2 Å². The fourth-order valence-electron chi connectivity index (χ4n) is 5.10. The van der Waals surface area contributed by atoms with Crippen LogP contribution in [0, 0.1) is 0 Å². The molecular weight excluding hydrogens is 622 g/mol. The Hall–Kier alpha value is -2.23. The van der Waals surface area contributed by atoms with Crippen LogP contribution in [0.1, 0.15) is 155 Å². The summed E-state index contributed by atoms with van der Waals surface area (Å²) in [4.78, 5) is 36.8. The highest BCUT2D eigenvalue weighted by Gasteiger charge is 2.25. The number of ether oxygens (including phenoxy) is 4. The second-order valence-corrected chi connectivity index (χ2v) is 14.2. The highest BCUT2D eigenvalue weighted by Crippen LogP contribution is 2.12. The number of quaternary nitrogens is 1. The minimum Gasteiger partial charge on any atom is -0.477 e. The molecule has 0 saturated carbocycles. The summed E-state index contributed by atoms with van der Waals surface area (Å²) in [5.74, 6) is -2.03. The first-order valence-corrected chi connectivity index (χ1v) is 19.5. The number of carboxylic acids is 1. The van der Waals surface area contributed by atoms with Crippen LogP contribution in [0.25, 0.3) is 0 Å². The Labute approximate surface area is 299 Å². The molecule has 2 unspecified atom stereocenters. The van der Waals surface area contributed by atoms with E-state index in [2.05, 4.69) is 38.2 Å². The lowest BCUT2D eigenvalue weighted by atomic mass is 10.1. The van der Waals surface area contributed by atoms with Gasteiger partial charge in [0.15, 0.2) is 6.10 Å². The Morgan fingerprint density at radius 1 is 0.612 bits per heavy atom. The summed E-state index contributed by atoms with van der Waals surface area (Å²) in [5.41, 5.74) is 0. The highest BCUT2D eigenvalue weighted by atomic mass is 16.7. The minimum absolute atomic E-state index is 0.185. The van der Waals surface area contributed by atoms with E-state index < -0.39 is 24.3 Å². The molecule has 286 valence electrons. The monoisotopic (exact) mass is 697 g/mol. The van der Waals surface area contributed by atoms with Gasteiger partial charge in [-0.05, 0) is 44.9 Å². The van der Waals surface area contributed by atoms with Gasteiger partial charge in [-0.2, -0.15) is 0 Å². The number of aliphatic carboxylic acids is 1. The second-order valence-electron chi connectivity index (χ2n) is 14.2. The maximum Gasteiger partial charge on any atom is 0.361 e. The Morgan fingerprint density at radius 3 is 1.63 bits per heavy atom. The lowest BCUT2D eigenvalue weighted by Crippen LogP contribution is -2.40. The van der Waals surface area contributed by atoms with Crippen LogP contribution in [0.15, 0.2) is 24.3 Å². The van der Waals surface area contributed by atoms with E-state index >= 15 is 0 Å². The number of carbonyl (C=O) groups excluding carboxylic acids is 2. The molecule has 0 aliphatic heterocycles. The van der Waals surface area contributed by atoms with Crippen molar-refractivity contribution in [3.8, 4) is 0 Å². The molecule has 2 atom stereocenters. The lowest BCUT2D eigenvalue weighted by Gasteiger charge is -2.25.